The Hall–Kier alpha value is -2.65. The van der Waals surface area contributed by atoms with Crippen molar-refractivity contribution in [2.24, 2.45) is 0 Å². The van der Waals surface area contributed by atoms with E-state index in [1.807, 2.05) is 0 Å². The summed E-state index contributed by atoms with van der Waals surface area (Å²) >= 11 is 0. The van der Waals surface area contributed by atoms with Gasteiger partial charge in [0.1, 0.15) is 23.8 Å². The first-order valence-corrected chi connectivity index (χ1v) is 8.15. The van der Waals surface area contributed by atoms with Crippen molar-refractivity contribution in [3.05, 3.63) is 47.3 Å². The molecule has 1 aromatic carbocycles. The van der Waals surface area contributed by atoms with Gasteiger partial charge in [0.2, 0.25) is 0 Å². The van der Waals surface area contributed by atoms with E-state index in [4.69, 9.17) is 4.74 Å². The summed E-state index contributed by atoms with van der Waals surface area (Å²) in [5.74, 6) is 1.29. The molecule has 6 heteroatoms. The van der Waals surface area contributed by atoms with Gasteiger partial charge in [0.25, 0.3) is 0 Å². The molecule has 1 fully saturated rings. The van der Waals surface area contributed by atoms with Crippen LogP contribution in [0.25, 0.3) is 0 Å². The van der Waals surface area contributed by atoms with E-state index in [1.54, 1.807) is 0 Å². The second-order valence-corrected chi connectivity index (χ2v) is 5.79. The Bertz CT molecular complexity index is 717. The van der Waals surface area contributed by atoms with Gasteiger partial charge in [-0.05, 0) is 18.9 Å². The van der Waals surface area contributed by atoms with Gasteiger partial charge < -0.3 is 15.0 Å². The third-order valence-electron chi connectivity index (χ3n) is 4.08. The Morgan fingerprint density at radius 2 is 1.96 bits per heavy atom. The molecule has 2 heterocycles. The number of morpholine rings is 1. The van der Waals surface area contributed by atoms with Crippen LogP contribution in [-0.2, 0) is 11.2 Å². The summed E-state index contributed by atoms with van der Waals surface area (Å²) in [7, 11) is 0. The minimum absolute atomic E-state index is 0.503. The molecule has 0 amide bonds. The van der Waals surface area contributed by atoms with Crippen molar-refractivity contribution in [3.8, 4) is 6.07 Å². The van der Waals surface area contributed by atoms with Gasteiger partial charge in [0.15, 0.2) is 5.82 Å². The van der Waals surface area contributed by atoms with E-state index >= 15 is 0 Å². The SMILES string of the molecule is Cc1ccc(CCNc2ncnc(N3CCOCC3)c2C#N)cc1. The summed E-state index contributed by atoms with van der Waals surface area (Å²) in [6.45, 7) is 5.60. The quantitative estimate of drug-likeness (QED) is 0.909. The zero-order valence-electron chi connectivity index (χ0n) is 13.8. The molecule has 1 saturated heterocycles. The highest BCUT2D eigenvalue weighted by Crippen LogP contribution is 2.23. The molecule has 0 atom stereocenters. The topological polar surface area (TPSA) is 74.1 Å². The van der Waals surface area contributed by atoms with Crippen LogP contribution in [-0.4, -0.2) is 42.8 Å². The van der Waals surface area contributed by atoms with Crippen LogP contribution in [0.1, 0.15) is 16.7 Å². The van der Waals surface area contributed by atoms with E-state index in [1.165, 1.54) is 17.5 Å². The van der Waals surface area contributed by atoms with Crippen molar-refractivity contribution in [3.63, 3.8) is 0 Å². The maximum atomic E-state index is 9.55. The summed E-state index contributed by atoms with van der Waals surface area (Å²) in [4.78, 5) is 10.6. The zero-order chi connectivity index (χ0) is 16.8. The van der Waals surface area contributed by atoms with Crippen LogP contribution in [0.3, 0.4) is 0 Å². The molecule has 3 rings (SSSR count). The highest BCUT2D eigenvalue weighted by Gasteiger charge is 2.19. The van der Waals surface area contributed by atoms with Crippen LogP contribution in [0, 0.1) is 18.3 Å². The average Bonchev–Trinajstić information content (AvgIpc) is 2.64. The molecule has 0 bridgehead atoms. The lowest BCUT2D eigenvalue weighted by molar-refractivity contribution is 0.122. The highest BCUT2D eigenvalue weighted by molar-refractivity contribution is 5.65. The number of nitrogens with zero attached hydrogens (tertiary/aromatic N) is 4. The van der Waals surface area contributed by atoms with E-state index in [-0.39, 0.29) is 0 Å². The standard InChI is InChI=1S/C18H21N5O/c1-14-2-4-15(5-3-14)6-7-20-17-16(12-19)18(22-13-21-17)23-8-10-24-11-9-23/h2-5,13H,6-11H2,1H3,(H,20,21,22). The monoisotopic (exact) mass is 323 g/mol. The third-order valence-corrected chi connectivity index (χ3v) is 4.08. The first kappa shape index (κ1) is 16.2. The first-order valence-electron chi connectivity index (χ1n) is 8.15. The molecule has 2 aromatic rings. The van der Waals surface area contributed by atoms with Crippen LogP contribution >= 0.6 is 0 Å². The lowest BCUT2D eigenvalue weighted by Gasteiger charge is -2.28. The van der Waals surface area contributed by atoms with Crippen LogP contribution in [0.5, 0.6) is 0 Å². The van der Waals surface area contributed by atoms with Gasteiger partial charge in [-0.15, -0.1) is 0 Å². The second-order valence-electron chi connectivity index (χ2n) is 5.79. The van der Waals surface area contributed by atoms with Crippen molar-refractivity contribution in [1.29, 1.82) is 5.26 Å². The number of benzene rings is 1. The Kier molecular flexibility index (Phi) is 5.24. The molecule has 0 unspecified atom stereocenters. The highest BCUT2D eigenvalue weighted by atomic mass is 16.5. The van der Waals surface area contributed by atoms with Crippen LogP contribution < -0.4 is 10.2 Å². The number of hydrogen-bond donors (Lipinski definition) is 1. The fraction of sp³-hybridized carbons (Fsp3) is 0.389. The van der Waals surface area contributed by atoms with Gasteiger partial charge in [-0.1, -0.05) is 29.8 Å². The summed E-state index contributed by atoms with van der Waals surface area (Å²) in [5.41, 5.74) is 3.02. The Morgan fingerprint density at radius 1 is 1.21 bits per heavy atom. The molecule has 0 saturated carbocycles. The van der Waals surface area contributed by atoms with Crippen molar-refractivity contribution >= 4 is 11.6 Å². The number of aromatic nitrogens is 2. The molecular weight excluding hydrogens is 302 g/mol. The fourth-order valence-corrected chi connectivity index (χ4v) is 2.71. The normalized spacial score (nSPS) is 14.2. The van der Waals surface area contributed by atoms with Gasteiger partial charge in [-0.25, -0.2) is 9.97 Å². The molecular formula is C18H21N5O. The minimum atomic E-state index is 0.503. The molecule has 1 aliphatic heterocycles. The maximum Gasteiger partial charge on any atom is 0.152 e. The Labute approximate surface area is 142 Å². The Morgan fingerprint density at radius 3 is 2.67 bits per heavy atom. The van der Waals surface area contributed by atoms with Gasteiger partial charge in [-0.3, -0.25) is 0 Å². The lowest BCUT2D eigenvalue weighted by Crippen LogP contribution is -2.37. The third kappa shape index (κ3) is 3.81. The van der Waals surface area contributed by atoms with E-state index in [9.17, 15) is 5.26 Å². The first-order chi connectivity index (χ1) is 11.8. The summed E-state index contributed by atoms with van der Waals surface area (Å²) in [6, 6.07) is 10.7. The summed E-state index contributed by atoms with van der Waals surface area (Å²) < 4.78 is 5.36. The molecule has 0 aliphatic carbocycles. The lowest BCUT2D eigenvalue weighted by atomic mass is 10.1. The van der Waals surface area contributed by atoms with Gasteiger partial charge >= 0.3 is 0 Å². The predicted octanol–water partition coefficient (Wildman–Crippen LogP) is 2.15. The van der Waals surface area contributed by atoms with Crippen molar-refractivity contribution in [2.75, 3.05) is 43.1 Å². The number of nitrogens with one attached hydrogen (secondary N) is 1. The number of nitriles is 1. The molecule has 1 aromatic heterocycles. The van der Waals surface area contributed by atoms with Gasteiger partial charge in [-0.2, -0.15) is 5.26 Å². The number of ether oxygens (including phenoxy) is 1. The van der Waals surface area contributed by atoms with Gasteiger partial charge in [0.05, 0.1) is 13.2 Å². The molecule has 6 nitrogen and oxygen atoms in total. The molecule has 0 radical (unpaired) electrons. The second kappa shape index (κ2) is 7.75. The van der Waals surface area contributed by atoms with E-state index in [0.717, 1.165) is 26.1 Å². The van der Waals surface area contributed by atoms with E-state index in [2.05, 4.69) is 57.4 Å². The Balaban J connectivity index is 1.68. The maximum absolute atomic E-state index is 9.55. The van der Waals surface area contributed by atoms with E-state index < -0.39 is 0 Å². The molecule has 124 valence electrons. The average molecular weight is 323 g/mol. The van der Waals surface area contributed by atoms with Gasteiger partial charge in [0, 0.05) is 19.6 Å². The summed E-state index contributed by atoms with van der Waals surface area (Å²) in [6.07, 6.45) is 2.39. The number of aryl methyl sites for hydroxylation is 1. The largest absolute Gasteiger partial charge is 0.378 e. The van der Waals surface area contributed by atoms with Crippen LogP contribution in [0.2, 0.25) is 0 Å². The van der Waals surface area contributed by atoms with Crippen molar-refractivity contribution in [2.45, 2.75) is 13.3 Å². The van der Waals surface area contributed by atoms with Crippen LogP contribution in [0.15, 0.2) is 30.6 Å². The molecule has 24 heavy (non-hydrogen) atoms. The zero-order valence-corrected chi connectivity index (χ0v) is 13.8. The smallest absolute Gasteiger partial charge is 0.152 e. The predicted molar refractivity (Wildman–Crippen MR) is 93.2 cm³/mol. The molecule has 1 aliphatic rings. The number of hydrogen-bond acceptors (Lipinski definition) is 6. The van der Waals surface area contributed by atoms with Crippen LogP contribution in [0.4, 0.5) is 11.6 Å². The minimum Gasteiger partial charge on any atom is -0.378 e. The van der Waals surface area contributed by atoms with E-state index in [0.29, 0.717) is 30.4 Å². The number of anilines is 2. The van der Waals surface area contributed by atoms with Crippen molar-refractivity contribution in [1.82, 2.24) is 9.97 Å². The number of rotatable bonds is 5. The molecule has 0 spiro atoms. The van der Waals surface area contributed by atoms with Crippen molar-refractivity contribution < 1.29 is 4.74 Å². The molecule has 1 N–H and O–H groups in total. The summed E-state index contributed by atoms with van der Waals surface area (Å²) in [5, 5.41) is 12.8. The fourth-order valence-electron chi connectivity index (χ4n) is 2.71.